The maximum Gasteiger partial charge on any atom is 0.411 e. The lowest BCUT2D eigenvalue weighted by atomic mass is 9.84. The van der Waals surface area contributed by atoms with Gasteiger partial charge >= 0.3 is 6.09 Å². The Morgan fingerprint density at radius 3 is 2.81 bits per heavy atom. The number of carbonyl (C=O) groups excluding carboxylic acids is 1. The molecule has 0 atom stereocenters. The van der Waals surface area contributed by atoms with E-state index in [4.69, 9.17) is 13.8 Å². The molecule has 4 rings (SSSR count). The van der Waals surface area contributed by atoms with E-state index < -0.39 is 6.09 Å². The minimum Gasteiger partial charge on any atom is -0.494 e. The first kappa shape index (κ1) is 21.6. The van der Waals surface area contributed by atoms with Gasteiger partial charge in [-0.05, 0) is 67.5 Å². The van der Waals surface area contributed by atoms with Crippen LogP contribution >= 0.6 is 12.0 Å². The number of hydrogen-bond acceptors (Lipinski definition) is 6. The lowest BCUT2D eigenvalue weighted by Gasteiger charge is -2.21. The van der Waals surface area contributed by atoms with Crippen LogP contribution in [-0.2, 0) is 15.6 Å². The normalized spacial score (nSPS) is 16.5. The molecule has 1 fully saturated rings. The van der Waals surface area contributed by atoms with Gasteiger partial charge in [-0.15, -0.1) is 0 Å². The van der Waals surface area contributed by atoms with Gasteiger partial charge in [-0.2, -0.15) is 0 Å². The molecule has 1 aliphatic carbocycles. The molecule has 164 valence electrons. The van der Waals surface area contributed by atoms with Crippen molar-refractivity contribution in [2.45, 2.75) is 62.4 Å². The molecule has 31 heavy (non-hydrogen) atoms. The molecule has 1 aliphatic heterocycles. The second kappa shape index (κ2) is 11.1. The number of rotatable bonds is 9. The van der Waals surface area contributed by atoms with Gasteiger partial charge in [0.05, 0.1) is 17.2 Å². The van der Waals surface area contributed by atoms with Crippen LogP contribution in [0.25, 0.3) is 0 Å². The number of unbranched alkanes of at least 4 members (excludes halogenated alkanes) is 1. The van der Waals surface area contributed by atoms with E-state index in [9.17, 15) is 4.79 Å². The number of nitrogens with zero attached hydrogens (tertiary/aromatic N) is 1. The zero-order chi connectivity index (χ0) is 21.3. The smallest absolute Gasteiger partial charge is 0.411 e. The van der Waals surface area contributed by atoms with Crippen LogP contribution in [0.5, 0.6) is 5.75 Å². The molecule has 2 aliphatic rings. The van der Waals surface area contributed by atoms with Gasteiger partial charge in [0.25, 0.3) is 0 Å². The quantitative estimate of drug-likeness (QED) is 0.204. The summed E-state index contributed by atoms with van der Waals surface area (Å²) in [5.74, 6) is 1.49. The van der Waals surface area contributed by atoms with E-state index in [0.29, 0.717) is 6.61 Å². The van der Waals surface area contributed by atoms with Gasteiger partial charge in [-0.3, -0.25) is 5.32 Å². The Labute approximate surface area is 187 Å². The Morgan fingerprint density at radius 1 is 1.13 bits per heavy atom. The fraction of sp³-hybridized carbons (Fsp3) is 0.417. The molecular formula is C24H28N2O4S. The Bertz CT molecular complexity index is 895. The Balaban J connectivity index is 1.10. The number of hydrogen-bond donors (Lipinski definition) is 1. The Morgan fingerprint density at radius 2 is 1.97 bits per heavy atom. The van der Waals surface area contributed by atoms with Gasteiger partial charge in [-0.1, -0.05) is 36.6 Å². The third-order valence-corrected chi connectivity index (χ3v) is 6.25. The van der Waals surface area contributed by atoms with Crippen molar-refractivity contribution < 1.29 is 18.6 Å². The molecule has 0 unspecified atom stereocenters. The molecule has 0 radical (unpaired) electrons. The highest BCUT2D eigenvalue weighted by Crippen LogP contribution is 2.33. The highest BCUT2D eigenvalue weighted by Gasteiger charge is 2.16. The summed E-state index contributed by atoms with van der Waals surface area (Å²) < 4.78 is 16.1. The summed E-state index contributed by atoms with van der Waals surface area (Å²) >= 11 is 1.28. The molecule has 1 saturated carbocycles. The number of amides is 1. The zero-order valence-corrected chi connectivity index (χ0v) is 18.4. The van der Waals surface area contributed by atoms with E-state index in [0.717, 1.165) is 40.7 Å². The van der Waals surface area contributed by atoms with Crippen molar-refractivity contribution >= 4 is 30.0 Å². The molecular weight excluding hydrogens is 412 g/mol. The summed E-state index contributed by atoms with van der Waals surface area (Å²) in [5, 5.41) is 6.68. The van der Waals surface area contributed by atoms with Gasteiger partial charge < -0.3 is 13.8 Å². The first-order valence-corrected chi connectivity index (χ1v) is 11.7. The van der Waals surface area contributed by atoms with Gasteiger partial charge in [0.2, 0.25) is 0 Å². The molecule has 0 saturated heterocycles. The number of carbonyl (C=O) groups is 1. The number of nitrogens with one attached hydrogen (secondary N) is 1. The molecule has 2 aromatic carbocycles. The summed E-state index contributed by atoms with van der Waals surface area (Å²) in [4.78, 5) is 12.3. The lowest BCUT2D eigenvalue weighted by Crippen LogP contribution is -2.20. The summed E-state index contributed by atoms with van der Waals surface area (Å²) in [6, 6.07) is 14.3. The number of oxime groups is 1. The predicted molar refractivity (Wildman–Crippen MR) is 123 cm³/mol. The van der Waals surface area contributed by atoms with Crippen LogP contribution in [0.3, 0.4) is 0 Å². The van der Waals surface area contributed by atoms with Crippen molar-refractivity contribution in [3.05, 3.63) is 53.6 Å². The largest absolute Gasteiger partial charge is 0.494 e. The number of benzene rings is 2. The molecule has 0 spiro atoms. The van der Waals surface area contributed by atoms with Crippen molar-refractivity contribution in [1.29, 1.82) is 0 Å². The van der Waals surface area contributed by atoms with E-state index >= 15 is 0 Å². The monoisotopic (exact) mass is 440 g/mol. The van der Waals surface area contributed by atoms with E-state index in [2.05, 4.69) is 34.7 Å². The van der Waals surface area contributed by atoms with Crippen LogP contribution in [0.2, 0.25) is 0 Å². The summed E-state index contributed by atoms with van der Waals surface area (Å²) in [6.07, 6.45) is 9.67. The van der Waals surface area contributed by atoms with Crippen molar-refractivity contribution in [3.63, 3.8) is 0 Å². The summed E-state index contributed by atoms with van der Waals surface area (Å²) in [7, 11) is 0. The van der Waals surface area contributed by atoms with Crippen LogP contribution in [0, 0.1) is 0 Å². The number of fused-ring (bicyclic) bond motifs is 1. The number of cyclic esters (lactones) is 1. The Hall–Kier alpha value is -2.67. The minimum absolute atomic E-state index is 0.267. The SMILES string of the molecule is O=C1Nc2ccc(OCCCC=NOSc3ccc(C4CCCCC4)cc3)cc2CO1. The summed E-state index contributed by atoms with van der Waals surface area (Å²) in [6.45, 7) is 0.844. The van der Waals surface area contributed by atoms with Gasteiger partial charge in [0.15, 0.2) is 0 Å². The van der Waals surface area contributed by atoms with Gasteiger partial charge in [0, 0.05) is 11.8 Å². The molecule has 1 amide bonds. The maximum atomic E-state index is 11.2. The molecule has 7 heteroatoms. The molecule has 2 aromatic rings. The highest BCUT2D eigenvalue weighted by molar-refractivity contribution is 7.94. The van der Waals surface area contributed by atoms with E-state index in [1.807, 2.05) is 18.2 Å². The first-order chi connectivity index (χ1) is 15.3. The van der Waals surface area contributed by atoms with Crippen LogP contribution < -0.4 is 10.1 Å². The Kier molecular flexibility index (Phi) is 7.71. The minimum atomic E-state index is -0.419. The fourth-order valence-corrected chi connectivity index (χ4v) is 4.37. The highest BCUT2D eigenvalue weighted by atomic mass is 32.2. The molecule has 1 N–H and O–H groups in total. The second-order valence-corrected chi connectivity index (χ2v) is 8.65. The molecule has 0 aromatic heterocycles. The predicted octanol–water partition coefficient (Wildman–Crippen LogP) is 6.67. The van der Waals surface area contributed by atoms with E-state index in [1.54, 1.807) is 6.21 Å². The van der Waals surface area contributed by atoms with Gasteiger partial charge in [0.1, 0.15) is 24.4 Å². The van der Waals surface area contributed by atoms with Crippen molar-refractivity contribution in [1.82, 2.24) is 0 Å². The average Bonchev–Trinajstić information content (AvgIpc) is 2.82. The average molecular weight is 441 g/mol. The van der Waals surface area contributed by atoms with Crippen molar-refractivity contribution in [2.24, 2.45) is 5.16 Å². The lowest BCUT2D eigenvalue weighted by molar-refractivity contribution is 0.151. The molecule has 6 nitrogen and oxygen atoms in total. The third kappa shape index (κ3) is 6.40. The van der Waals surface area contributed by atoms with Crippen LogP contribution in [0.4, 0.5) is 10.5 Å². The maximum absolute atomic E-state index is 11.2. The molecule has 1 heterocycles. The standard InChI is InChI=1S/C24H28N2O4S/c27-24-26-23-13-10-21(16-20(23)17-29-24)28-15-5-4-14-25-30-31-22-11-8-19(9-12-22)18-6-2-1-3-7-18/h8-14,16,18H,1-7,15,17H2,(H,26,27). The topological polar surface area (TPSA) is 69.2 Å². The molecule has 0 bridgehead atoms. The fourth-order valence-electron chi connectivity index (χ4n) is 3.93. The van der Waals surface area contributed by atoms with Crippen molar-refractivity contribution in [2.75, 3.05) is 11.9 Å². The number of anilines is 1. The van der Waals surface area contributed by atoms with Crippen molar-refractivity contribution in [3.8, 4) is 5.75 Å². The van der Waals surface area contributed by atoms with Crippen LogP contribution in [-0.4, -0.2) is 18.9 Å². The second-order valence-electron chi connectivity index (χ2n) is 7.86. The first-order valence-electron chi connectivity index (χ1n) is 10.9. The van der Waals surface area contributed by atoms with Crippen LogP contribution in [0.1, 0.15) is 62.0 Å². The van der Waals surface area contributed by atoms with Gasteiger partial charge in [-0.25, -0.2) is 4.79 Å². The van der Waals surface area contributed by atoms with E-state index in [-0.39, 0.29) is 6.61 Å². The number of ether oxygens (including phenoxy) is 2. The third-order valence-electron chi connectivity index (χ3n) is 5.63. The summed E-state index contributed by atoms with van der Waals surface area (Å²) in [5.41, 5.74) is 3.13. The van der Waals surface area contributed by atoms with Crippen LogP contribution in [0.15, 0.2) is 52.5 Å². The zero-order valence-electron chi connectivity index (χ0n) is 17.5. The van der Waals surface area contributed by atoms with E-state index in [1.165, 1.54) is 49.7 Å².